The van der Waals surface area contributed by atoms with E-state index >= 15 is 0 Å². The lowest BCUT2D eigenvalue weighted by atomic mass is 9.78. The molecule has 0 aromatic heterocycles. The summed E-state index contributed by atoms with van der Waals surface area (Å²) < 4.78 is 2.76. The van der Waals surface area contributed by atoms with E-state index in [1.54, 1.807) is 12.1 Å². The molecule has 2 aromatic carbocycles. The first-order valence-corrected chi connectivity index (χ1v) is 9.20. The summed E-state index contributed by atoms with van der Waals surface area (Å²) in [5.41, 5.74) is 1.69. The van der Waals surface area contributed by atoms with E-state index in [0.29, 0.717) is 8.95 Å². The Hall–Kier alpha value is 0.440. The topological polar surface area (TPSA) is 40.5 Å². The number of hydrogen-bond acceptors (Lipinski definition) is 2. The summed E-state index contributed by atoms with van der Waals surface area (Å²) in [7, 11) is 0. The molecule has 2 nitrogen and oxygen atoms in total. The number of phenolic OH excluding ortho intramolecular Hbond substituents is 2. The van der Waals surface area contributed by atoms with Crippen molar-refractivity contribution in [2.45, 2.75) is 19.3 Å². The van der Waals surface area contributed by atoms with Gasteiger partial charge in [-0.05, 0) is 87.0 Å². The molecule has 0 aliphatic heterocycles. The monoisotopic (exact) mass is 620 g/mol. The molecule has 120 valence electrons. The number of phenols is 2. The molecule has 2 rings (SSSR count). The van der Waals surface area contributed by atoms with Crippen LogP contribution in [0.4, 0.5) is 0 Å². The Kier molecular flexibility index (Phi) is 7.03. The van der Waals surface area contributed by atoms with Crippen molar-refractivity contribution in [1.29, 1.82) is 0 Å². The molecule has 0 saturated heterocycles. The van der Waals surface area contributed by atoms with Gasteiger partial charge in [-0.2, -0.15) is 0 Å². The molecule has 0 fully saturated rings. The van der Waals surface area contributed by atoms with E-state index in [1.807, 2.05) is 12.1 Å². The van der Waals surface area contributed by atoms with Gasteiger partial charge in [-0.15, -0.1) is 17.0 Å². The van der Waals surface area contributed by atoms with Gasteiger partial charge in [0.05, 0.1) is 8.95 Å². The van der Waals surface area contributed by atoms with Gasteiger partial charge in [-0.25, -0.2) is 0 Å². The second-order valence-electron chi connectivity index (χ2n) is 5.15. The molecule has 22 heavy (non-hydrogen) atoms. The molecule has 0 atom stereocenters. The first-order valence-electron chi connectivity index (χ1n) is 6.02. The minimum atomic E-state index is -0.343. The number of halogens is 5. The SMILES string of the molecule is Br.CC(C)(c1ccc(O)cc1)c1c(Br)c(Br)c(O)c(Br)c1Br. The van der Waals surface area contributed by atoms with Crippen molar-refractivity contribution < 1.29 is 10.2 Å². The van der Waals surface area contributed by atoms with Crippen LogP contribution in [-0.2, 0) is 5.41 Å². The standard InChI is InChI=1S/C15H12Br4O2.BrH/c1-15(2,7-3-5-8(20)6-4-7)9-10(16)12(18)14(21)13(19)11(9)17;/h3-6,20-21H,1-2H3;1H. The van der Waals surface area contributed by atoms with E-state index in [4.69, 9.17) is 0 Å². The maximum Gasteiger partial charge on any atom is 0.146 e. The Bertz CT molecular complexity index is 667. The van der Waals surface area contributed by atoms with Gasteiger partial charge in [0.1, 0.15) is 11.5 Å². The molecule has 2 N–H and O–H groups in total. The third kappa shape index (κ3) is 3.58. The number of aromatic hydroxyl groups is 2. The predicted molar refractivity (Wildman–Crippen MR) is 109 cm³/mol. The summed E-state index contributed by atoms with van der Waals surface area (Å²) in [6.07, 6.45) is 0. The molecule has 0 saturated carbocycles. The highest BCUT2D eigenvalue weighted by molar-refractivity contribution is 9.14. The van der Waals surface area contributed by atoms with E-state index in [9.17, 15) is 10.2 Å². The molecule has 0 amide bonds. The maximum absolute atomic E-state index is 10.1. The van der Waals surface area contributed by atoms with Gasteiger partial charge in [0.2, 0.25) is 0 Å². The van der Waals surface area contributed by atoms with Gasteiger partial charge in [0.25, 0.3) is 0 Å². The molecule has 7 heteroatoms. The van der Waals surface area contributed by atoms with E-state index in [-0.39, 0.29) is 33.9 Å². The first-order chi connectivity index (χ1) is 9.67. The second-order valence-corrected chi connectivity index (χ2v) is 8.32. The maximum atomic E-state index is 10.1. The summed E-state index contributed by atoms with van der Waals surface area (Å²) in [5, 5.41) is 19.5. The van der Waals surface area contributed by atoms with Gasteiger partial charge in [0.15, 0.2) is 0 Å². The van der Waals surface area contributed by atoms with Crippen molar-refractivity contribution >= 4 is 80.7 Å². The highest BCUT2D eigenvalue weighted by Gasteiger charge is 2.31. The van der Waals surface area contributed by atoms with Gasteiger partial charge in [-0.1, -0.05) is 26.0 Å². The van der Waals surface area contributed by atoms with Crippen molar-refractivity contribution in [1.82, 2.24) is 0 Å². The van der Waals surface area contributed by atoms with Crippen LogP contribution in [0.3, 0.4) is 0 Å². The molecule has 0 unspecified atom stereocenters. The Morgan fingerprint density at radius 2 is 1.18 bits per heavy atom. The van der Waals surface area contributed by atoms with Crippen molar-refractivity contribution in [3.05, 3.63) is 53.3 Å². The lowest BCUT2D eigenvalue weighted by Crippen LogP contribution is -2.20. The average molecular weight is 625 g/mol. The predicted octanol–water partition coefficient (Wildman–Crippen LogP) is 7.05. The molecule has 0 heterocycles. The normalized spacial score (nSPS) is 11.2. The Labute approximate surface area is 173 Å². The molecule has 0 bridgehead atoms. The summed E-state index contributed by atoms with van der Waals surface area (Å²) in [5.74, 6) is 0.375. The minimum absolute atomic E-state index is 0. The molecule has 2 aromatic rings. The number of hydrogen-bond donors (Lipinski definition) is 2. The lowest BCUT2D eigenvalue weighted by Gasteiger charge is -2.30. The smallest absolute Gasteiger partial charge is 0.146 e. The Morgan fingerprint density at radius 3 is 1.59 bits per heavy atom. The quantitative estimate of drug-likeness (QED) is 0.352. The van der Waals surface area contributed by atoms with E-state index in [1.165, 1.54) is 0 Å². The zero-order valence-electron chi connectivity index (χ0n) is 11.6. The van der Waals surface area contributed by atoms with Crippen LogP contribution in [-0.4, -0.2) is 10.2 Å². The summed E-state index contributed by atoms with van der Waals surface area (Å²) >= 11 is 13.9. The lowest BCUT2D eigenvalue weighted by molar-refractivity contribution is 0.466. The molecule has 0 aliphatic rings. The Morgan fingerprint density at radius 1 is 0.773 bits per heavy atom. The molecular weight excluding hydrogens is 612 g/mol. The van der Waals surface area contributed by atoms with Crippen molar-refractivity contribution in [2.75, 3.05) is 0 Å². The fraction of sp³-hybridized carbons (Fsp3) is 0.200. The Balaban J connectivity index is 0.00000242. The largest absolute Gasteiger partial charge is 0.508 e. The van der Waals surface area contributed by atoms with Gasteiger partial charge >= 0.3 is 0 Å². The average Bonchev–Trinajstić information content (AvgIpc) is 2.43. The summed E-state index contributed by atoms with van der Waals surface area (Å²) in [4.78, 5) is 0. The van der Waals surface area contributed by atoms with Crippen LogP contribution in [0, 0.1) is 0 Å². The van der Waals surface area contributed by atoms with Gasteiger partial charge < -0.3 is 10.2 Å². The van der Waals surface area contributed by atoms with E-state index < -0.39 is 0 Å². The minimum Gasteiger partial charge on any atom is -0.508 e. The fourth-order valence-electron chi connectivity index (χ4n) is 2.19. The van der Waals surface area contributed by atoms with Crippen molar-refractivity contribution in [2.24, 2.45) is 0 Å². The first kappa shape index (κ1) is 20.5. The third-order valence-corrected chi connectivity index (χ3v) is 7.65. The summed E-state index contributed by atoms with van der Waals surface area (Å²) in [6.45, 7) is 4.17. The molecule has 0 spiro atoms. The van der Waals surface area contributed by atoms with Crippen LogP contribution >= 0.6 is 80.7 Å². The van der Waals surface area contributed by atoms with Crippen molar-refractivity contribution in [3.8, 4) is 11.5 Å². The second kappa shape index (κ2) is 7.55. The fourth-order valence-corrected chi connectivity index (χ4v) is 5.28. The van der Waals surface area contributed by atoms with E-state index in [2.05, 4.69) is 77.6 Å². The van der Waals surface area contributed by atoms with Gasteiger partial charge in [-0.3, -0.25) is 0 Å². The van der Waals surface area contributed by atoms with Crippen molar-refractivity contribution in [3.63, 3.8) is 0 Å². The van der Waals surface area contributed by atoms with Crippen LogP contribution in [0.2, 0.25) is 0 Å². The highest BCUT2D eigenvalue weighted by Crippen LogP contribution is 2.51. The number of benzene rings is 2. The highest BCUT2D eigenvalue weighted by atomic mass is 79.9. The van der Waals surface area contributed by atoms with Crippen LogP contribution in [0.1, 0.15) is 25.0 Å². The molecule has 0 aliphatic carbocycles. The van der Waals surface area contributed by atoms with E-state index in [0.717, 1.165) is 20.1 Å². The summed E-state index contributed by atoms with van der Waals surface area (Å²) in [6, 6.07) is 7.12. The number of rotatable bonds is 2. The zero-order chi connectivity index (χ0) is 15.9. The molecular formula is C15H13Br5O2. The van der Waals surface area contributed by atoms with Crippen LogP contribution in [0.25, 0.3) is 0 Å². The van der Waals surface area contributed by atoms with Crippen LogP contribution in [0.15, 0.2) is 42.2 Å². The van der Waals surface area contributed by atoms with Crippen LogP contribution in [0.5, 0.6) is 11.5 Å². The third-order valence-electron chi connectivity index (χ3n) is 3.45. The van der Waals surface area contributed by atoms with Crippen LogP contribution < -0.4 is 0 Å². The molecule has 0 radical (unpaired) electrons. The zero-order valence-corrected chi connectivity index (χ0v) is 19.7. The van der Waals surface area contributed by atoms with Gasteiger partial charge in [0, 0.05) is 14.4 Å².